The number of aryl methyl sites for hydroxylation is 2. The van der Waals surface area contributed by atoms with E-state index in [2.05, 4.69) is 26.9 Å². The van der Waals surface area contributed by atoms with E-state index in [0.717, 1.165) is 139 Å². The Morgan fingerprint density at radius 2 is 1.55 bits per heavy atom. The first-order chi connectivity index (χ1) is 31.6. The lowest BCUT2D eigenvalue weighted by molar-refractivity contribution is 0.0696. The fraction of sp³-hybridized carbons (Fsp3) is 0.245. The maximum absolute atomic E-state index is 14.4. The van der Waals surface area contributed by atoms with Crippen LogP contribution in [-0.2, 0) is 32.2 Å². The van der Waals surface area contributed by atoms with Gasteiger partial charge in [0.1, 0.15) is 41.7 Å². The molecule has 0 bridgehead atoms. The van der Waals surface area contributed by atoms with Crippen molar-refractivity contribution in [1.82, 2.24) is 9.89 Å². The summed E-state index contributed by atoms with van der Waals surface area (Å²) >= 11 is 14.5. The van der Waals surface area contributed by atoms with Gasteiger partial charge in [0.15, 0.2) is 5.43 Å². The second-order valence-corrected chi connectivity index (χ2v) is 18.6. The quantitative estimate of drug-likeness (QED) is 0.112. The third-order valence-electron chi connectivity index (χ3n) is 14.0. The molecule has 6 aliphatic heterocycles. The number of hydrogen-bond donors (Lipinski definition) is 3. The summed E-state index contributed by atoms with van der Waals surface area (Å²) in [5, 5.41) is 26.9. The van der Waals surface area contributed by atoms with Crippen LogP contribution < -0.4 is 35.5 Å². The fourth-order valence-electron chi connectivity index (χ4n) is 11.3. The Bertz CT molecular complexity index is 3430. The smallest absolute Gasteiger partial charge is 0.337 e. The van der Waals surface area contributed by atoms with Gasteiger partial charge in [-0.15, -0.1) is 0 Å². The maximum atomic E-state index is 14.4. The Morgan fingerprint density at radius 3 is 2.37 bits per heavy atom. The zero-order chi connectivity index (χ0) is 44.2. The summed E-state index contributed by atoms with van der Waals surface area (Å²) in [5.41, 5.74) is 10.9. The molecule has 6 heterocycles. The number of amides is 1. The number of nitrogens with zero attached hydrogens (tertiary/aromatic N) is 2. The van der Waals surface area contributed by atoms with Crippen molar-refractivity contribution in [3.8, 4) is 39.7 Å². The topological polar surface area (TPSA) is 132 Å². The van der Waals surface area contributed by atoms with Crippen LogP contribution in [0.2, 0.25) is 10.0 Å². The van der Waals surface area contributed by atoms with Crippen molar-refractivity contribution in [2.75, 3.05) is 31.1 Å². The lowest BCUT2D eigenvalue weighted by Gasteiger charge is -2.39. The number of phenolic OH excluding ortho intramolecular Hbond substituents is 1. The minimum atomic E-state index is -1.24. The SMILES string of the molecule is O=C(NCc1ccc(-c2c3ccc(=O)cc-3oc3cc(O)ccc23)cc1)c1cc(Cl)c(C(=O)O)c(C2=c3cc4c5c(c3Oc3c2cc2c6c3CCCN6CCC2)CCC[N+]=5CCC4)c1Cl. The van der Waals surface area contributed by atoms with Crippen molar-refractivity contribution in [1.29, 1.82) is 0 Å². The fourth-order valence-corrected chi connectivity index (χ4v) is 11.9. The number of carbonyl (C=O) groups is 2. The zero-order valence-corrected chi connectivity index (χ0v) is 36.8. The Kier molecular flexibility index (Phi) is 9.37. The molecule has 65 heavy (non-hydrogen) atoms. The summed E-state index contributed by atoms with van der Waals surface area (Å²) in [6.45, 7) is 4.08. The Hall–Kier alpha value is -6.62. The Balaban J connectivity index is 0.976. The number of hydrogen-bond acceptors (Lipinski definition) is 7. The second kappa shape index (κ2) is 15.2. The van der Waals surface area contributed by atoms with Crippen LogP contribution >= 0.6 is 23.2 Å². The first-order valence-corrected chi connectivity index (χ1v) is 23.1. The van der Waals surface area contributed by atoms with Crippen LogP contribution in [0.4, 0.5) is 5.69 Å². The van der Waals surface area contributed by atoms with Gasteiger partial charge in [-0.25, -0.2) is 9.37 Å². The van der Waals surface area contributed by atoms with Gasteiger partial charge in [-0.05, 0) is 97.7 Å². The predicted octanol–water partition coefficient (Wildman–Crippen LogP) is 8.64. The number of fused-ring (bicyclic) bond motifs is 6. The molecule has 324 valence electrons. The highest BCUT2D eigenvalue weighted by Crippen LogP contribution is 2.50. The van der Waals surface area contributed by atoms with Gasteiger partial charge in [0, 0.05) is 99.9 Å². The Morgan fingerprint density at radius 1 is 0.785 bits per heavy atom. The number of aromatic carboxylic acids is 1. The molecule has 0 unspecified atom stereocenters. The molecule has 0 radical (unpaired) electrons. The molecule has 10 nitrogen and oxygen atoms in total. The van der Waals surface area contributed by atoms with Crippen LogP contribution in [0.3, 0.4) is 0 Å². The van der Waals surface area contributed by atoms with E-state index in [1.165, 1.54) is 46.4 Å². The number of nitrogens with one attached hydrogen (secondary N) is 1. The van der Waals surface area contributed by atoms with Gasteiger partial charge in [-0.2, -0.15) is 0 Å². The van der Waals surface area contributed by atoms with Crippen LogP contribution in [-0.4, -0.2) is 48.3 Å². The Labute approximate surface area is 383 Å². The van der Waals surface area contributed by atoms with E-state index in [1.54, 1.807) is 18.2 Å². The van der Waals surface area contributed by atoms with E-state index in [1.807, 2.05) is 24.3 Å². The highest BCUT2D eigenvalue weighted by atomic mass is 35.5. The van der Waals surface area contributed by atoms with E-state index >= 15 is 0 Å². The van der Waals surface area contributed by atoms with Crippen molar-refractivity contribution in [2.24, 2.45) is 0 Å². The van der Waals surface area contributed by atoms with Gasteiger partial charge < -0.3 is 29.6 Å². The number of carboxylic acids is 1. The first kappa shape index (κ1) is 39.9. The number of phenols is 1. The number of halogens is 2. The third-order valence-corrected chi connectivity index (χ3v) is 14.7. The molecule has 0 saturated heterocycles. The van der Waals surface area contributed by atoms with Gasteiger partial charge in [0.05, 0.1) is 26.7 Å². The van der Waals surface area contributed by atoms with Crippen molar-refractivity contribution in [3.05, 3.63) is 160 Å². The monoisotopic (exact) mass is 902 g/mol. The van der Waals surface area contributed by atoms with Crippen LogP contribution in [0.5, 0.6) is 17.2 Å². The molecule has 0 spiro atoms. The summed E-state index contributed by atoms with van der Waals surface area (Å²) in [6, 6.07) is 23.0. The maximum Gasteiger partial charge on any atom is 0.337 e. The molecule has 5 aromatic rings. The van der Waals surface area contributed by atoms with E-state index in [0.29, 0.717) is 16.9 Å². The average molecular weight is 904 g/mol. The van der Waals surface area contributed by atoms with Gasteiger partial charge in [-0.1, -0.05) is 47.5 Å². The number of ether oxygens (including phenoxy) is 1. The number of carbonyl (C=O) groups excluding carboxylic acids is 1. The molecule has 12 rings (SSSR count). The molecule has 0 saturated carbocycles. The molecule has 0 atom stereocenters. The summed E-state index contributed by atoms with van der Waals surface area (Å²) in [5.74, 6) is 0.176. The molecule has 0 aromatic heterocycles. The van der Waals surface area contributed by atoms with Crippen LogP contribution in [0.25, 0.3) is 39.0 Å². The number of rotatable bonds is 6. The van der Waals surface area contributed by atoms with Crippen molar-refractivity contribution < 1.29 is 29.0 Å². The lowest BCUT2D eigenvalue weighted by Crippen LogP contribution is -2.45. The van der Waals surface area contributed by atoms with Crippen molar-refractivity contribution in [2.45, 2.75) is 57.9 Å². The van der Waals surface area contributed by atoms with Crippen molar-refractivity contribution >= 4 is 57.3 Å². The average Bonchev–Trinajstić information content (AvgIpc) is 3.30. The van der Waals surface area contributed by atoms with Gasteiger partial charge in [0.2, 0.25) is 5.36 Å². The van der Waals surface area contributed by atoms with E-state index in [9.17, 15) is 24.6 Å². The standard InChI is InChI=1S/C53H41Cl2N3O7/c54-40-25-39(52(61)56-26-27-9-11-28(12-10-27)43-33-15-13-31(59)23-41(33)64-42-24-32(60)14-16-34(42)43)47(55)46(45(40)53(62)63)44-37-21-29-5-1-17-57-19-3-7-35(48(29)57)50(37)65-51-36-8-4-20-58-18-2-6-30(49(36)58)22-38(44)51/h9-16,21-25H,1-8,17-20,26H2,(H2-,56,59,60,61,62,63)/p+1. The summed E-state index contributed by atoms with van der Waals surface area (Å²) in [6.07, 6.45) is 7.45. The number of anilines is 1. The van der Waals surface area contributed by atoms with Gasteiger partial charge >= 0.3 is 5.97 Å². The molecular weight excluding hydrogens is 862 g/mol. The van der Waals surface area contributed by atoms with Crippen molar-refractivity contribution in [3.63, 3.8) is 0 Å². The summed E-state index contributed by atoms with van der Waals surface area (Å²) < 4.78 is 15.7. The number of benzene rings is 6. The van der Waals surface area contributed by atoms with E-state index in [4.69, 9.17) is 32.4 Å². The van der Waals surface area contributed by atoms with Crippen LogP contribution in [0.1, 0.15) is 85.3 Å². The summed E-state index contributed by atoms with van der Waals surface area (Å²) in [7, 11) is 0. The highest BCUT2D eigenvalue weighted by molar-refractivity contribution is 6.40. The first-order valence-electron chi connectivity index (χ1n) is 22.4. The van der Waals surface area contributed by atoms with Gasteiger partial charge in [-0.3, -0.25) is 9.59 Å². The summed E-state index contributed by atoms with van der Waals surface area (Å²) in [4.78, 5) is 42.6. The van der Waals surface area contributed by atoms with Gasteiger partial charge in [0.25, 0.3) is 5.91 Å². The molecular formula is C53H42Cl2N3O7+. The zero-order valence-electron chi connectivity index (χ0n) is 35.3. The molecule has 0 fully saturated rings. The minimum absolute atomic E-state index is 0.00922. The molecule has 12 heteroatoms. The molecule has 1 amide bonds. The minimum Gasteiger partial charge on any atom is -0.508 e. The highest BCUT2D eigenvalue weighted by Gasteiger charge is 2.38. The normalized spacial score (nSPS) is 15.8. The molecule has 1 aliphatic carbocycles. The second-order valence-electron chi connectivity index (χ2n) is 17.8. The molecule has 3 N–H and O–H groups in total. The number of carboxylic acid groups (broad SMARTS) is 1. The van der Waals surface area contributed by atoms with Crippen LogP contribution in [0.15, 0.2) is 88.1 Å². The predicted molar refractivity (Wildman–Crippen MR) is 251 cm³/mol. The van der Waals surface area contributed by atoms with Crippen LogP contribution in [0, 0.1) is 0 Å². The largest absolute Gasteiger partial charge is 0.508 e. The number of aromatic hydroxyl groups is 1. The third kappa shape index (κ3) is 6.36. The molecule has 7 aliphatic rings. The van der Waals surface area contributed by atoms with E-state index in [-0.39, 0.29) is 44.5 Å². The molecule has 5 aromatic carbocycles. The lowest BCUT2D eigenvalue weighted by atomic mass is 9.81. The van der Waals surface area contributed by atoms with E-state index < -0.39 is 11.9 Å².